The lowest BCUT2D eigenvalue weighted by Gasteiger charge is -2.28. The van der Waals surface area contributed by atoms with E-state index in [1.54, 1.807) is 0 Å². The molecular weight excluding hydrogens is 647 g/mol. The third kappa shape index (κ3) is 5.71. The second-order valence-corrected chi connectivity index (χ2v) is 13.6. The molecule has 2 aliphatic rings. The summed E-state index contributed by atoms with van der Waals surface area (Å²) in [7, 11) is 0. The van der Waals surface area contributed by atoms with Crippen molar-refractivity contribution in [1.29, 1.82) is 0 Å². The Morgan fingerprint density at radius 1 is 0.434 bits per heavy atom. The number of para-hydroxylation sites is 1. The first kappa shape index (κ1) is 30.9. The highest BCUT2D eigenvalue weighted by atomic mass is 16.3. The van der Waals surface area contributed by atoms with Gasteiger partial charge in [-0.2, -0.15) is 0 Å². The highest BCUT2D eigenvalue weighted by Gasteiger charge is 2.25. The molecule has 53 heavy (non-hydrogen) atoms. The van der Waals surface area contributed by atoms with E-state index in [4.69, 9.17) is 19.4 Å². The highest BCUT2D eigenvalue weighted by Crippen LogP contribution is 2.42. The fourth-order valence-electron chi connectivity index (χ4n) is 7.67. The zero-order chi connectivity index (χ0) is 35.1. The third-order valence-corrected chi connectivity index (χ3v) is 10.4. The summed E-state index contributed by atoms with van der Waals surface area (Å²) in [4.78, 5) is 15.4. The number of fused-ring (bicyclic) bond motifs is 4. The Kier molecular flexibility index (Phi) is 7.58. The number of allylic oxidation sites excluding steroid dienone is 8. The number of hydrogen-bond donors (Lipinski definition) is 0. The monoisotopic (exact) mass is 679 g/mol. The van der Waals surface area contributed by atoms with Gasteiger partial charge in [0.25, 0.3) is 0 Å². The summed E-state index contributed by atoms with van der Waals surface area (Å²) in [6.07, 6.45) is 15.5. The van der Waals surface area contributed by atoms with Crippen LogP contribution in [0.3, 0.4) is 0 Å². The van der Waals surface area contributed by atoms with Gasteiger partial charge in [0, 0.05) is 39.3 Å². The van der Waals surface area contributed by atoms with Crippen molar-refractivity contribution >= 4 is 21.9 Å². The fraction of sp³-hybridized carbons (Fsp3) is 0.0408. The third-order valence-electron chi connectivity index (χ3n) is 10.4. The maximum Gasteiger partial charge on any atom is 0.164 e. The van der Waals surface area contributed by atoms with Crippen molar-refractivity contribution in [3.63, 3.8) is 0 Å². The normalized spacial score (nSPS) is 16.2. The molecule has 2 aliphatic carbocycles. The van der Waals surface area contributed by atoms with Crippen molar-refractivity contribution < 1.29 is 4.42 Å². The summed E-state index contributed by atoms with van der Waals surface area (Å²) < 4.78 is 6.54. The molecule has 2 unspecified atom stereocenters. The number of rotatable bonds is 6. The minimum absolute atomic E-state index is 0.292. The minimum Gasteiger partial charge on any atom is -0.456 e. The van der Waals surface area contributed by atoms with Gasteiger partial charge in [-0.1, -0.05) is 170 Å². The zero-order valence-corrected chi connectivity index (χ0v) is 28.8. The Balaban J connectivity index is 1.12. The zero-order valence-electron chi connectivity index (χ0n) is 28.8. The first-order valence-electron chi connectivity index (χ1n) is 18.0. The lowest BCUT2D eigenvalue weighted by atomic mass is 9.76. The smallest absolute Gasteiger partial charge is 0.164 e. The Morgan fingerprint density at radius 2 is 1.02 bits per heavy atom. The van der Waals surface area contributed by atoms with E-state index < -0.39 is 0 Å². The van der Waals surface area contributed by atoms with Crippen molar-refractivity contribution in [2.45, 2.75) is 5.92 Å². The molecule has 2 aromatic heterocycles. The molecule has 0 amide bonds. The second kappa shape index (κ2) is 13.0. The van der Waals surface area contributed by atoms with Crippen LogP contribution in [0.5, 0.6) is 0 Å². The van der Waals surface area contributed by atoms with Crippen LogP contribution in [0, 0.1) is 5.92 Å². The van der Waals surface area contributed by atoms with E-state index in [1.165, 1.54) is 16.7 Å². The quantitative estimate of drug-likeness (QED) is 0.175. The van der Waals surface area contributed by atoms with Crippen LogP contribution in [0.4, 0.5) is 0 Å². The largest absolute Gasteiger partial charge is 0.456 e. The lowest BCUT2D eigenvalue weighted by molar-refractivity contribution is 0.669. The molecule has 8 aromatic rings. The lowest BCUT2D eigenvalue weighted by Crippen LogP contribution is -2.14. The molecule has 0 spiro atoms. The van der Waals surface area contributed by atoms with E-state index in [9.17, 15) is 0 Å². The summed E-state index contributed by atoms with van der Waals surface area (Å²) in [6, 6.07) is 50.5. The van der Waals surface area contributed by atoms with Gasteiger partial charge in [0.1, 0.15) is 11.2 Å². The molecule has 0 radical (unpaired) electrons. The summed E-state index contributed by atoms with van der Waals surface area (Å²) in [5, 5.41) is 2.01. The van der Waals surface area contributed by atoms with Crippen LogP contribution in [0.2, 0.25) is 0 Å². The molecule has 4 nitrogen and oxygen atoms in total. The van der Waals surface area contributed by atoms with Gasteiger partial charge < -0.3 is 4.42 Å². The summed E-state index contributed by atoms with van der Waals surface area (Å²) in [6.45, 7) is 0. The predicted molar refractivity (Wildman–Crippen MR) is 216 cm³/mol. The van der Waals surface area contributed by atoms with Gasteiger partial charge in [0.15, 0.2) is 17.5 Å². The number of aromatic nitrogens is 3. The average molecular weight is 680 g/mol. The minimum atomic E-state index is 0.292. The molecular formula is C49H33N3O. The van der Waals surface area contributed by atoms with Crippen molar-refractivity contribution in [3.05, 3.63) is 199 Å². The molecule has 0 saturated heterocycles. The van der Waals surface area contributed by atoms with E-state index in [2.05, 4.69) is 134 Å². The first-order chi connectivity index (χ1) is 26.2. The molecule has 0 aliphatic heterocycles. The van der Waals surface area contributed by atoms with E-state index in [0.717, 1.165) is 55.3 Å². The van der Waals surface area contributed by atoms with Crippen molar-refractivity contribution in [1.82, 2.24) is 15.0 Å². The van der Waals surface area contributed by atoms with E-state index in [1.807, 2.05) is 54.6 Å². The van der Waals surface area contributed by atoms with Gasteiger partial charge in [-0.05, 0) is 51.6 Å². The molecule has 250 valence electrons. The Bertz CT molecular complexity index is 2760. The van der Waals surface area contributed by atoms with Gasteiger partial charge in [-0.15, -0.1) is 0 Å². The fourth-order valence-corrected chi connectivity index (χ4v) is 7.67. The number of furan rings is 1. The van der Waals surface area contributed by atoms with Crippen LogP contribution in [0.15, 0.2) is 198 Å². The van der Waals surface area contributed by atoms with Crippen LogP contribution in [0.1, 0.15) is 11.5 Å². The van der Waals surface area contributed by atoms with Crippen molar-refractivity contribution in [3.8, 4) is 56.4 Å². The molecule has 4 heteroatoms. The van der Waals surface area contributed by atoms with Gasteiger partial charge in [-0.3, -0.25) is 0 Å². The summed E-state index contributed by atoms with van der Waals surface area (Å²) in [5.41, 5.74) is 11.4. The molecule has 10 rings (SSSR count). The highest BCUT2D eigenvalue weighted by molar-refractivity contribution is 6.13. The van der Waals surface area contributed by atoms with Crippen molar-refractivity contribution in [2.75, 3.05) is 0 Å². The number of hydrogen-bond acceptors (Lipinski definition) is 4. The molecule has 0 bridgehead atoms. The van der Waals surface area contributed by atoms with Crippen LogP contribution < -0.4 is 0 Å². The van der Waals surface area contributed by atoms with Crippen LogP contribution in [-0.2, 0) is 0 Å². The maximum absolute atomic E-state index is 6.54. The van der Waals surface area contributed by atoms with Gasteiger partial charge in [0.2, 0.25) is 0 Å². The van der Waals surface area contributed by atoms with Gasteiger partial charge in [0.05, 0.1) is 0 Å². The second-order valence-electron chi connectivity index (χ2n) is 13.6. The Hall–Kier alpha value is -6.91. The van der Waals surface area contributed by atoms with Crippen LogP contribution in [-0.4, -0.2) is 15.0 Å². The number of nitrogens with zero attached hydrogens (tertiary/aromatic N) is 3. The van der Waals surface area contributed by atoms with Gasteiger partial charge >= 0.3 is 0 Å². The predicted octanol–water partition coefficient (Wildman–Crippen LogP) is 12.4. The maximum atomic E-state index is 6.54. The average Bonchev–Trinajstić information content (AvgIpc) is 3.62. The van der Waals surface area contributed by atoms with E-state index in [0.29, 0.717) is 29.3 Å². The molecule has 6 aromatic carbocycles. The van der Waals surface area contributed by atoms with E-state index in [-0.39, 0.29) is 0 Å². The summed E-state index contributed by atoms with van der Waals surface area (Å²) in [5.74, 6) is 2.47. The topological polar surface area (TPSA) is 51.8 Å². The summed E-state index contributed by atoms with van der Waals surface area (Å²) >= 11 is 0. The van der Waals surface area contributed by atoms with Crippen molar-refractivity contribution in [2.24, 2.45) is 5.92 Å². The van der Waals surface area contributed by atoms with Gasteiger partial charge in [-0.25, -0.2) is 15.0 Å². The van der Waals surface area contributed by atoms with Crippen LogP contribution in [0.25, 0.3) is 78.4 Å². The van der Waals surface area contributed by atoms with Crippen LogP contribution >= 0.6 is 0 Å². The van der Waals surface area contributed by atoms with E-state index >= 15 is 0 Å². The molecule has 0 N–H and O–H groups in total. The Morgan fingerprint density at radius 3 is 1.79 bits per heavy atom. The molecule has 2 atom stereocenters. The molecule has 2 heterocycles. The number of benzene rings is 6. The molecule has 0 fully saturated rings. The first-order valence-corrected chi connectivity index (χ1v) is 18.0. The standard InChI is InChI=1S/C49H33N3O/c1-3-12-32(13-4-1)33-24-28-38(29-25-33)48-50-47(37-15-5-2-6-16-37)51-49(52-48)43-30-39(31-45-46(43)42-19-9-10-21-44(42)53-45)34-22-26-36(27-23-34)41-20-11-17-35-14-7-8-18-40(35)41/h1-31,40-41H. The molecule has 0 saturated carbocycles. The Labute approximate surface area is 307 Å². The SMILES string of the molecule is C1=CC2=CC=CC(c3ccc(-c4cc(-c5nc(-c6ccccc6)nc(-c6ccc(-c7ccccc7)cc6)n5)c5c(c4)oc4ccccc45)cc3)C2C=C1.